The van der Waals surface area contributed by atoms with Gasteiger partial charge in [0.25, 0.3) is 0 Å². The number of benzene rings is 1. The second kappa shape index (κ2) is 9.09. The van der Waals surface area contributed by atoms with Crippen molar-refractivity contribution in [1.82, 2.24) is 15.1 Å². The van der Waals surface area contributed by atoms with Gasteiger partial charge in [-0.05, 0) is 55.6 Å². The highest BCUT2D eigenvalue weighted by Crippen LogP contribution is 2.40. The molecule has 0 spiro atoms. The zero-order valence-corrected chi connectivity index (χ0v) is 18.1. The van der Waals surface area contributed by atoms with Crippen LogP contribution in [0, 0.1) is 23.6 Å². The summed E-state index contributed by atoms with van der Waals surface area (Å²) in [4.78, 5) is 2.67. The molecule has 0 bridgehead atoms. The first-order chi connectivity index (χ1) is 15.2. The van der Waals surface area contributed by atoms with Crippen LogP contribution in [0.25, 0.3) is 11.3 Å². The minimum Gasteiger partial charge on any atom is -0.493 e. The maximum absolute atomic E-state index is 14.1. The molecule has 6 nitrogen and oxygen atoms in total. The summed E-state index contributed by atoms with van der Waals surface area (Å²) in [5.41, 5.74) is 0.910. The van der Waals surface area contributed by atoms with Crippen LogP contribution in [-0.2, 0) is 4.74 Å². The van der Waals surface area contributed by atoms with Gasteiger partial charge in [-0.2, -0.15) is 0 Å². The van der Waals surface area contributed by atoms with Gasteiger partial charge >= 0.3 is 0 Å². The van der Waals surface area contributed by atoms with Crippen LogP contribution in [0.5, 0.6) is 5.75 Å². The minimum atomic E-state index is -0.312. The predicted octanol–water partition coefficient (Wildman–Crippen LogP) is 3.84. The molecule has 2 aromatic rings. The van der Waals surface area contributed by atoms with Gasteiger partial charge in [0, 0.05) is 50.5 Å². The summed E-state index contributed by atoms with van der Waals surface area (Å²) < 4.78 is 25.2. The number of hydrogen-bond donors (Lipinski definition) is 1. The van der Waals surface area contributed by atoms with E-state index in [-0.39, 0.29) is 5.82 Å². The summed E-state index contributed by atoms with van der Waals surface area (Å²) >= 11 is 0. The van der Waals surface area contributed by atoms with E-state index >= 15 is 0 Å². The van der Waals surface area contributed by atoms with Crippen molar-refractivity contribution in [3.63, 3.8) is 0 Å². The Bertz CT molecular complexity index is 891. The molecule has 3 aliphatic rings. The number of rotatable bonds is 6. The van der Waals surface area contributed by atoms with Crippen LogP contribution in [0.1, 0.15) is 25.7 Å². The lowest BCUT2D eigenvalue weighted by Gasteiger charge is -2.27. The highest BCUT2D eigenvalue weighted by atomic mass is 19.1. The molecule has 1 unspecified atom stereocenters. The molecular weight excluding hydrogens is 395 g/mol. The Hall–Kier alpha value is -2.25. The monoisotopic (exact) mass is 426 g/mol. The van der Waals surface area contributed by atoms with Crippen LogP contribution >= 0.6 is 0 Å². The SMILES string of the molecule is COc1cc(-c2ccccc2F)nnc1NC1C[C@@H]2CN(CC3CCOCC3)C[C@@H]2C1. The van der Waals surface area contributed by atoms with E-state index in [0.29, 0.717) is 28.9 Å². The Morgan fingerprint density at radius 3 is 2.58 bits per heavy atom. The molecule has 2 aliphatic heterocycles. The fourth-order valence-corrected chi connectivity index (χ4v) is 5.58. The molecule has 31 heavy (non-hydrogen) atoms. The molecule has 1 aromatic carbocycles. The predicted molar refractivity (Wildman–Crippen MR) is 118 cm³/mol. The summed E-state index contributed by atoms with van der Waals surface area (Å²) in [7, 11) is 1.62. The maximum Gasteiger partial charge on any atom is 0.191 e. The summed E-state index contributed by atoms with van der Waals surface area (Å²) in [5, 5.41) is 12.2. The number of ether oxygens (including phenoxy) is 2. The van der Waals surface area contributed by atoms with E-state index in [4.69, 9.17) is 9.47 Å². The molecular formula is C24H31FN4O2. The largest absolute Gasteiger partial charge is 0.493 e. The number of halogens is 1. The third-order valence-corrected chi connectivity index (χ3v) is 7.15. The number of hydrogen-bond acceptors (Lipinski definition) is 6. The van der Waals surface area contributed by atoms with Crippen molar-refractivity contribution < 1.29 is 13.9 Å². The molecule has 1 N–H and O–H groups in total. The van der Waals surface area contributed by atoms with E-state index < -0.39 is 0 Å². The zero-order valence-electron chi connectivity index (χ0n) is 18.1. The van der Waals surface area contributed by atoms with Gasteiger partial charge in [-0.1, -0.05) is 12.1 Å². The number of methoxy groups -OCH3 is 1. The van der Waals surface area contributed by atoms with E-state index in [1.54, 1.807) is 31.4 Å². The Kier molecular flexibility index (Phi) is 6.05. The van der Waals surface area contributed by atoms with Gasteiger partial charge in [-0.15, -0.1) is 10.2 Å². The van der Waals surface area contributed by atoms with E-state index in [2.05, 4.69) is 20.4 Å². The number of nitrogens with one attached hydrogen (secondary N) is 1. The fourth-order valence-electron chi connectivity index (χ4n) is 5.58. The van der Waals surface area contributed by atoms with Gasteiger partial charge in [0.2, 0.25) is 0 Å². The molecule has 0 amide bonds. The first-order valence-electron chi connectivity index (χ1n) is 11.4. The van der Waals surface area contributed by atoms with Gasteiger partial charge < -0.3 is 19.7 Å². The molecule has 0 radical (unpaired) electrons. The van der Waals surface area contributed by atoms with Crippen molar-refractivity contribution in [2.45, 2.75) is 31.7 Å². The first kappa shape index (κ1) is 20.6. The second-order valence-corrected chi connectivity index (χ2v) is 9.23. The van der Waals surface area contributed by atoms with Crippen LogP contribution in [0.4, 0.5) is 10.2 Å². The zero-order chi connectivity index (χ0) is 21.2. The molecule has 5 rings (SSSR count). The Morgan fingerprint density at radius 2 is 1.87 bits per heavy atom. The number of likely N-dealkylation sites (tertiary alicyclic amines) is 1. The molecule has 7 heteroatoms. The number of fused-ring (bicyclic) bond motifs is 1. The van der Waals surface area contributed by atoms with Crippen LogP contribution in [0.3, 0.4) is 0 Å². The summed E-state index contributed by atoms with van der Waals surface area (Å²) in [6.07, 6.45) is 4.71. The summed E-state index contributed by atoms with van der Waals surface area (Å²) in [6.45, 7) is 5.49. The highest BCUT2D eigenvalue weighted by molar-refractivity contribution is 5.64. The van der Waals surface area contributed by atoms with E-state index in [9.17, 15) is 4.39 Å². The molecule has 1 aromatic heterocycles. The van der Waals surface area contributed by atoms with Crippen LogP contribution in [0.2, 0.25) is 0 Å². The third-order valence-electron chi connectivity index (χ3n) is 7.15. The molecule has 3 atom stereocenters. The molecule has 3 fully saturated rings. The molecule has 1 aliphatic carbocycles. The highest BCUT2D eigenvalue weighted by Gasteiger charge is 2.41. The van der Waals surface area contributed by atoms with Crippen LogP contribution in [0.15, 0.2) is 30.3 Å². The Morgan fingerprint density at radius 1 is 1.13 bits per heavy atom. The van der Waals surface area contributed by atoms with Crippen molar-refractivity contribution in [1.29, 1.82) is 0 Å². The van der Waals surface area contributed by atoms with Gasteiger partial charge in [-0.25, -0.2) is 4.39 Å². The molecule has 1 saturated carbocycles. The minimum absolute atomic E-state index is 0.312. The fraction of sp³-hybridized carbons (Fsp3) is 0.583. The van der Waals surface area contributed by atoms with Crippen LogP contribution in [-0.4, -0.2) is 61.1 Å². The summed E-state index contributed by atoms with van der Waals surface area (Å²) in [5.74, 6) is 3.23. The van der Waals surface area contributed by atoms with E-state index in [1.807, 2.05) is 0 Å². The third kappa shape index (κ3) is 4.53. The summed E-state index contributed by atoms with van der Waals surface area (Å²) in [6, 6.07) is 8.73. The Balaban J connectivity index is 1.19. The molecule has 166 valence electrons. The Labute approximate surface area is 183 Å². The lowest BCUT2D eigenvalue weighted by molar-refractivity contribution is 0.0545. The van der Waals surface area contributed by atoms with Crippen LogP contribution < -0.4 is 10.1 Å². The lowest BCUT2D eigenvalue weighted by Crippen LogP contribution is -2.32. The average Bonchev–Trinajstić information content (AvgIpc) is 3.33. The van der Waals surface area contributed by atoms with Gasteiger partial charge in [0.15, 0.2) is 11.6 Å². The lowest BCUT2D eigenvalue weighted by atomic mass is 10.00. The second-order valence-electron chi connectivity index (χ2n) is 9.23. The molecule has 2 saturated heterocycles. The number of nitrogens with zero attached hydrogens (tertiary/aromatic N) is 3. The van der Waals surface area contributed by atoms with Gasteiger partial charge in [-0.3, -0.25) is 0 Å². The number of anilines is 1. The normalized spacial score (nSPS) is 26.7. The number of aromatic nitrogens is 2. The van der Waals surface area contributed by atoms with Gasteiger partial charge in [0.1, 0.15) is 5.82 Å². The van der Waals surface area contributed by atoms with Crippen molar-refractivity contribution in [2.75, 3.05) is 45.3 Å². The van der Waals surface area contributed by atoms with Gasteiger partial charge in [0.05, 0.1) is 12.8 Å². The van der Waals surface area contributed by atoms with Crippen molar-refractivity contribution in [3.8, 4) is 17.0 Å². The van der Waals surface area contributed by atoms with E-state index in [0.717, 1.165) is 43.8 Å². The smallest absolute Gasteiger partial charge is 0.191 e. The van der Waals surface area contributed by atoms with Crippen molar-refractivity contribution in [3.05, 3.63) is 36.1 Å². The van der Waals surface area contributed by atoms with Crippen molar-refractivity contribution in [2.24, 2.45) is 17.8 Å². The maximum atomic E-state index is 14.1. The molecule has 3 heterocycles. The average molecular weight is 427 g/mol. The standard InChI is InChI=1S/C24H31FN4O2/c1-30-23-12-22(20-4-2-3-5-21(20)25)27-28-24(23)26-19-10-17-14-29(15-18(17)11-19)13-16-6-8-31-9-7-16/h2-5,12,16-19H,6-11,13-15H2,1H3,(H,26,28)/t17-,18+,19?. The first-order valence-corrected chi connectivity index (χ1v) is 11.4. The topological polar surface area (TPSA) is 59.5 Å². The van der Waals surface area contributed by atoms with Crippen molar-refractivity contribution >= 4 is 5.82 Å². The quantitative estimate of drug-likeness (QED) is 0.757. The van der Waals surface area contributed by atoms with E-state index in [1.165, 1.54) is 38.5 Å².